The van der Waals surface area contributed by atoms with Gasteiger partial charge in [-0.3, -0.25) is 9.69 Å². The van der Waals surface area contributed by atoms with Gasteiger partial charge in [-0.2, -0.15) is 0 Å². The minimum atomic E-state index is 0.240. The number of benzene rings is 1. The number of aryl methyl sites for hydroxylation is 1. The lowest BCUT2D eigenvalue weighted by atomic mass is 10.1. The van der Waals surface area contributed by atoms with Crippen LogP contribution in [0, 0.1) is 0 Å². The highest BCUT2D eigenvalue weighted by molar-refractivity contribution is 5.76. The van der Waals surface area contributed by atoms with E-state index in [-0.39, 0.29) is 5.91 Å². The smallest absolute Gasteiger partial charge is 0.222 e. The summed E-state index contributed by atoms with van der Waals surface area (Å²) in [7, 11) is 1.91. The van der Waals surface area contributed by atoms with Gasteiger partial charge in [-0.25, -0.2) is 0 Å². The van der Waals surface area contributed by atoms with Crippen LogP contribution in [0.3, 0.4) is 0 Å². The first-order valence-electron chi connectivity index (χ1n) is 7.46. The molecule has 0 saturated carbocycles. The van der Waals surface area contributed by atoms with Crippen LogP contribution in [0.25, 0.3) is 0 Å². The van der Waals surface area contributed by atoms with E-state index in [1.54, 1.807) is 0 Å². The molecule has 1 amide bonds. The zero-order chi connectivity index (χ0) is 14.2. The summed E-state index contributed by atoms with van der Waals surface area (Å²) >= 11 is 0. The van der Waals surface area contributed by atoms with Crippen LogP contribution in [0.2, 0.25) is 0 Å². The van der Waals surface area contributed by atoms with Gasteiger partial charge in [-0.05, 0) is 12.0 Å². The quantitative estimate of drug-likeness (QED) is 0.841. The average Bonchev–Trinajstić information content (AvgIpc) is 2.52. The Morgan fingerprint density at radius 3 is 2.65 bits per heavy atom. The highest BCUT2D eigenvalue weighted by Gasteiger charge is 2.13. The molecule has 1 heterocycles. The number of hydrogen-bond acceptors (Lipinski definition) is 3. The van der Waals surface area contributed by atoms with E-state index in [1.807, 2.05) is 30.1 Å². The number of nitrogens with zero attached hydrogens (tertiary/aromatic N) is 2. The van der Waals surface area contributed by atoms with Crippen LogP contribution in [-0.2, 0) is 11.2 Å². The fourth-order valence-electron chi connectivity index (χ4n) is 2.44. The van der Waals surface area contributed by atoms with E-state index in [0.29, 0.717) is 6.42 Å². The third-order valence-electron chi connectivity index (χ3n) is 3.86. The lowest BCUT2D eigenvalue weighted by molar-refractivity contribution is -0.130. The molecule has 1 aromatic carbocycles. The number of piperazine rings is 1. The summed E-state index contributed by atoms with van der Waals surface area (Å²) in [4.78, 5) is 16.4. The predicted octanol–water partition coefficient (Wildman–Crippen LogP) is 0.983. The summed E-state index contributed by atoms with van der Waals surface area (Å²) in [5, 5.41) is 3.34. The molecule has 1 aromatic rings. The standard InChI is InChI=1S/C16H25N3O/c1-18(13-14-19-11-9-17-10-12-19)16(20)8-7-15-5-3-2-4-6-15/h2-6,17H,7-14H2,1H3. The third kappa shape index (κ3) is 4.94. The molecule has 110 valence electrons. The zero-order valence-corrected chi connectivity index (χ0v) is 12.3. The van der Waals surface area contributed by atoms with Crippen LogP contribution in [0.1, 0.15) is 12.0 Å². The van der Waals surface area contributed by atoms with Crippen LogP contribution in [-0.4, -0.2) is 62.0 Å². The Balaban J connectivity index is 1.66. The second-order valence-corrected chi connectivity index (χ2v) is 5.39. The minimum Gasteiger partial charge on any atom is -0.344 e. The number of hydrogen-bond donors (Lipinski definition) is 1. The summed E-state index contributed by atoms with van der Waals surface area (Å²) in [6.07, 6.45) is 1.43. The molecule has 1 fully saturated rings. The van der Waals surface area contributed by atoms with Gasteiger partial charge < -0.3 is 10.2 Å². The Bertz CT molecular complexity index is 401. The normalized spacial score (nSPS) is 16.1. The van der Waals surface area contributed by atoms with E-state index in [9.17, 15) is 4.79 Å². The van der Waals surface area contributed by atoms with Crippen LogP contribution >= 0.6 is 0 Å². The van der Waals surface area contributed by atoms with Crippen molar-refractivity contribution in [2.24, 2.45) is 0 Å². The van der Waals surface area contributed by atoms with Gasteiger partial charge in [0.25, 0.3) is 0 Å². The molecular weight excluding hydrogens is 250 g/mol. The molecule has 4 heteroatoms. The number of likely N-dealkylation sites (N-methyl/N-ethyl adjacent to an activating group) is 1. The third-order valence-corrected chi connectivity index (χ3v) is 3.86. The fourth-order valence-corrected chi connectivity index (χ4v) is 2.44. The second kappa shape index (κ2) is 8.02. The summed E-state index contributed by atoms with van der Waals surface area (Å²) in [6.45, 7) is 6.11. The molecule has 1 aliphatic rings. The molecule has 0 unspecified atom stereocenters. The fraction of sp³-hybridized carbons (Fsp3) is 0.562. The molecule has 0 spiro atoms. The van der Waals surface area contributed by atoms with E-state index in [4.69, 9.17) is 0 Å². The van der Waals surface area contributed by atoms with Gasteiger partial charge in [0.05, 0.1) is 0 Å². The van der Waals surface area contributed by atoms with Gasteiger partial charge in [0, 0.05) is 52.7 Å². The Kier molecular flexibility index (Phi) is 6.02. The second-order valence-electron chi connectivity index (χ2n) is 5.39. The van der Waals surface area contributed by atoms with Gasteiger partial charge in [-0.15, -0.1) is 0 Å². The summed E-state index contributed by atoms with van der Waals surface area (Å²) in [6, 6.07) is 10.2. The summed E-state index contributed by atoms with van der Waals surface area (Å²) in [5.74, 6) is 0.240. The summed E-state index contributed by atoms with van der Waals surface area (Å²) < 4.78 is 0. The van der Waals surface area contributed by atoms with Crippen molar-refractivity contribution in [1.82, 2.24) is 15.1 Å². The van der Waals surface area contributed by atoms with E-state index in [1.165, 1.54) is 5.56 Å². The molecule has 4 nitrogen and oxygen atoms in total. The molecule has 0 bridgehead atoms. The van der Waals surface area contributed by atoms with Crippen molar-refractivity contribution in [3.05, 3.63) is 35.9 Å². The minimum absolute atomic E-state index is 0.240. The maximum atomic E-state index is 12.1. The maximum Gasteiger partial charge on any atom is 0.222 e. The summed E-state index contributed by atoms with van der Waals surface area (Å²) in [5.41, 5.74) is 1.23. The number of nitrogens with one attached hydrogen (secondary N) is 1. The van der Waals surface area contributed by atoms with Crippen LogP contribution in [0.5, 0.6) is 0 Å². The van der Waals surface area contributed by atoms with Crippen LogP contribution in [0.15, 0.2) is 30.3 Å². The SMILES string of the molecule is CN(CCN1CCNCC1)C(=O)CCc1ccccc1. The van der Waals surface area contributed by atoms with Gasteiger partial charge in [0.15, 0.2) is 0 Å². The van der Waals surface area contributed by atoms with Crippen molar-refractivity contribution in [3.63, 3.8) is 0 Å². The van der Waals surface area contributed by atoms with E-state index in [0.717, 1.165) is 45.7 Å². The van der Waals surface area contributed by atoms with E-state index < -0.39 is 0 Å². The van der Waals surface area contributed by atoms with E-state index >= 15 is 0 Å². The zero-order valence-electron chi connectivity index (χ0n) is 12.3. The van der Waals surface area contributed by atoms with Gasteiger partial charge in [0.1, 0.15) is 0 Å². The van der Waals surface area contributed by atoms with Crippen LogP contribution in [0.4, 0.5) is 0 Å². The van der Waals surface area contributed by atoms with Crippen molar-refractivity contribution >= 4 is 5.91 Å². The monoisotopic (exact) mass is 275 g/mol. The highest BCUT2D eigenvalue weighted by atomic mass is 16.2. The van der Waals surface area contributed by atoms with Crippen molar-refractivity contribution in [1.29, 1.82) is 0 Å². The molecule has 0 aliphatic carbocycles. The predicted molar refractivity (Wildman–Crippen MR) is 81.7 cm³/mol. The number of carbonyl (C=O) groups excluding carboxylic acids is 1. The van der Waals surface area contributed by atoms with Crippen LogP contribution < -0.4 is 5.32 Å². The first kappa shape index (κ1) is 15.0. The molecule has 20 heavy (non-hydrogen) atoms. The lowest BCUT2D eigenvalue weighted by Crippen LogP contribution is -2.46. The van der Waals surface area contributed by atoms with Gasteiger partial charge in [-0.1, -0.05) is 30.3 Å². The van der Waals surface area contributed by atoms with Gasteiger partial charge >= 0.3 is 0 Å². The Labute approximate surface area is 121 Å². The maximum absolute atomic E-state index is 12.1. The molecule has 1 saturated heterocycles. The first-order chi connectivity index (χ1) is 9.75. The Morgan fingerprint density at radius 2 is 1.95 bits per heavy atom. The highest BCUT2D eigenvalue weighted by Crippen LogP contribution is 2.04. The number of carbonyl (C=O) groups is 1. The van der Waals surface area contributed by atoms with Crippen molar-refractivity contribution < 1.29 is 4.79 Å². The number of amides is 1. The number of rotatable bonds is 6. The first-order valence-corrected chi connectivity index (χ1v) is 7.46. The van der Waals surface area contributed by atoms with Gasteiger partial charge in [0.2, 0.25) is 5.91 Å². The largest absolute Gasteiger partial charge is 0.344 e. The average molecular weight is 275 g/mol. The topological polar surface area (TPSA) is 35.6 Å². The Hall–Kier alpha value is -1.39. The van der Waals surface area contributed by atoms with E-state index in [2.05, 4.69) is 22.3 Å². The molecular formula is C16H25N3O. The molecule has 0 aromatic heterocycles. The molecule has 1 aliphatic heterocycles. The van der Waals surface area contributed by atoms with Crippen molar-refractivity contribution in [2.75, 3.05) is 46.3 Å². The van der Waals surface area contributed by atoms with Crippen molar-refractivity contribution in [3.8, 4) is 0 Å². The van der Waals surface area contributed by atoms with Crippen molar-refractivity contribution in [2.45, 2.75) is 12.8 Å². The molecule has 1 N–H and O–H groups in total. The molecule has 0 radical (unpaired) electrons. The molecule has 2 rings (SSSR count). The Morgan fingerprint density at radius 1 is 1.25 bits per heavy atom. The molecule has 0 atom stereocenters. The lowest BCUT2D eigenvalue weighted by Gasteiger charge is -2.29.